The van der Waals surface area contributed by atoms with Crippen LogP contribution in [-0.2, 0) is 19.6 Å². The van der Waals surface area contributed by atoms with Crippen molar-refractivity contribution in [1.82, 2.24) is 24.6 Å². The van der Waals surface area contributed by atoms with Crippen LogP contribution in [0.3, 0.4) is 0 Å². The molecule has 1 aliphatic rings. The molecule has 0 atom stereocenters. The van der Waals surface area contributed by atoms with Gasteiger partial charge >= 0.3 is 0 Å². The number of aromatic nitrogens is 4. The number of aryl methyl sites for hydroxylation is 1. The van der Waals surface area contributed by atoms with Crippen molar-refractivity contribution >= 4 is 22.5 Å². The summed E-state index contributed by atoms with van der Waals surface area (Å²) in [6.45, 7) is 5.82. The number of aromatic amines is 1. The molecule has 21 heavy (non-hydrogen) atoms. The van der Waals surface area contributed by atoms with E-state index >= 15 is 0 Å². The summed E-state index contributed by atoms with van der Waals surface area (Å²) in [7, 11) is 0. The van der Waals surface area contributed by atoms with Crippen LogP contribution in [0.1, 0.15) is 17.1 Å². The largest absolute Gasteiger partial charge is 0.358 e. The number of H-pyrrole nitrogens is 1. The highest BCUT2D eigenvalue weighted by Crippen LogP contribution is 2.27. The number of hydrogen-bond acceptors (Lipinski definition) is 3. The number of nitrogens with one attached hydrogen (secondary N) is 1. The first-order valence-electron chi connectivity index (χ1n) is 7.06. The molecule has 1 aliphatic heterocycles. The maximum absolute atomic E-state index is 6.15. The van der Waals surface area contributed by atoms with Gasteiger partial charge in [0.1, 0.15) is 12.2 Å². The van der Waals surface area contributed by atoms with Crippen LogP contribution >= 0.6 is 11.6 Å². The van der Waals surface area contributed by atoms with Crippen LogP contribution in [0, 0.1) is 6.92 Å². The minimum absolute atomic E-state index is 0.779. The molecule has 0 unspecified atom stereocenters. The van der Waals surface area contributed by atoms with Crippen molar-refractivity contribution in [2.75, 3.05) is 6.54 Å². The zero-order chi connectivity index (χ0) is 14.4. The van der Waals surface area contributed by atoms with Gasteiger partial charge in [-0.3, -0.25) is 4.90 Å². The standard InChI is InChI=1S/C15H16ClN5/c1-10-13(12-6-11(16)2-3-14(12)18-10)7-20-4-5-21-9-17-19-15(21)8-20/h2-3,6,9,18H,4-5,7-8H2,1H3. The lowest BCUT2D eigenvalue weighted by molar-refractivity contribution is 0.209. The Morgan fingerprint density at radius 2 is 2.24 bits per heavy atom. The molecule has 0 radical (unpaired) electrons. The third-order valence-electron chi connectivity index (χ3n) is 4.18. The molecule has 0 saturated heterocycles. The quantitative estimate of drug-likeness (QED) is 0.792. The topological polar surface area (TPSA) is 49.7 Å². The number of nitrogens with zero attached hydrogens (tertiary/aromatic N) is 4. The van der Waals surface area contributed by atoms with Crippen molar-refractivity contribution < 1.29 is 0 Å². The Bertz CT molecular complexity index is 804. The zero-order valence-corrected chi connectivity index (χ0v) is 12.6. The average Bonchev–Trinajstić information content (AvgIpc) is 3.04. The van der Waals surface area contributed by atoms with Crippen molar-refractivity contribution in [3.63, 3.8) is 0 Å². The molecule has 0 spiro atoms. The van der Waals surface area contributed by atoms with Gasteiger partial charge in [0.05, 0.1) is 6.54 Å². The van der Waals surface area contributed by atoms with Gasteiger partial charge in [-0.1, -0.05) is 11.6 Å². The Labute approximate surface area is 127 Å². The van der Waals surface area contributed by atoms with Crippen LogP contribution in [0.25, 0.3) is 10.9 Å². The molecule has 3 aromatic rings. The summed E-state index contributed by atoms with van der Waals surface area (Å²) >= 11 is 6.15. The smallest absolute Gasteiger partial charge is 0.147 e. The lowest BCUT2D eigenvalue weighted by atomic mass is 10.1. The predicted molar refractivity (Wildman–Crippen MR) is 82.2 cm³/mol. The maximum Gasteiger partial charge on any atom is 0.147 e. The average molecular weight is 302 g/mol. The Morgan fingerprint density at radius 1 is 1.33 bits per heavy atom. The van der Waals surface area contributed by atoms with E-state index in [1.165, 1.54) is 16.6 Å². The van der Waals surface area contributed by atoms with Crippen LogP contribution in [0.5, 0.6) is 0 Å². The van der Waals surface area contributed by atoms with E-state index in [2.05, 4.69) is 31.6 Å². The van der Waals surface area contributed by atoms with Crippen LogP contribution in [0.4, 0.5) is 0 Å². The molecule has 0 fully saturated rings. The molecule has 6 heteroatoms. The van der Waals surface area contributed by atoms with E-state index < -0.39 is 0 Å². The monoisotopic (exact) mass is 301 g/mol. The summed E-state index contributed by atoms with van der Waals surface area (Å²) in [6, 6.07) is 6.01. The van der Waals surface area contributed by atoms with Gasteiger partial charge < -0.3 is 9.55 Å². The van der Waals surface area contributed by atoms with Gasteiger partial charge in [-0.15, -0.1) is 10.2 Å². The second-order valence-electron chi connectivity index (χ2n) is 5.57. The highest BCUT2D eigenvalue weighted by atomic mass is 35.5. The number of benzene rings is 1. The molecule has 3 heterocycles. The fourth-order valence-electron chi connectivity index (χ4n) is 3.03. The summed E-state index contributed by atoms with van der Waals surface area (Å²) in [5.74, 6) is 1.04. The molecule has 108 valence electrons. The van der Waals surface area contributed by atoms with Crippen LogP contribution in [0.15, 0.2) is 24.5 Å². The zero-order valence-electron chi connectivity index (χ0n) is 11.8. The summed E-state index contributed by atoms with van der Waals surface area (Å²) in [5.41, 5.74) is 3.67. The summed E-state index contributed by atoms with van der Waals surface area (Å²) in [6.07, 6.45) is 1.81. The summed E-state index contributed by atoms with van der Waals surface area (Å²) in [5, 5.41) is 10.1. The van der Waals surface area contributed by atoms with Crippen LogP contribution in [0.2, 0.25) is 5.02 Å². The molecular formula is C15H16ClN5. The molecule has 0 saturated carbocycles. The van der Waals surface area contributed by atoms with Crippen molar-refractivity contribution in [2.45, 2.75) is 26.6 Å². The van der Waals surface area contributed by atoms with Crippen molar-refractivity contribution in [1.29, 1.82) is 0 Å². The molecule has 4 rings (SSSR count). The highest BCUT2D eigenvalue weighted by Gasteiger charge is 2.19. The molecule has 0 bridgehead atoms. The Kier molecular flexibility index (Phi) is 2.97. The van der Waals surface area contributed by atoms with E-state index in [-0.39, 0.29) is 0 Å². The summed E-state index contributed by atoms with van der Waals surface area (Å²) in [4.78, 5) is 5.84. The third-order valence-corrected chi connectivity index (χ3v) is 4.42. The van der Waals surface area contributed by atoms with Crippen LogP contribution < -0.4 is 0 Å². The van der Waals surface area contributed by atoms with E-state index in [1.54, 1.807) is 0 Å². The fraction of sp³-hybridized carbons (Fsp3) is 0.333. The number of halogens is 1. The van der Waals surface area contributed by atoms with E-state index in [0.29, 0.717) is 0 Å². The molecular weight excluding hydrogens is 286 g/mol. The molecule has 1 aromatic carbocycles. The first kappa shape index (κ1) is 12.9. The summed E-state index contributed by atoms with van der Waals surface area (Å²) < 4.78 is 2.12. The maximum atomic E-state index is 6.15. The van der Waals surface area contributed by atoms with Gasteiger partial charge in [0.15, 0.2) is 0 Å². The van der Waals surface area contributed by atoms with Gasteiger partial charge in [0, 0.05) is 41.3 Å². The molecule has 1 N–H and O–H groups in total. The molecule has 5 nitrogen and oxygen atoms in total. The Balaban J connectivity index is 1.66. The normalized spacial score (nSPS) is 15.5. The number of rotatable bonds is 2. The van der Waals surface area contributed by atoms with Crippen LogP contribution in [-0.4, -0.2) is 31.2 Å². The SMILES string of the molecule is Cc1[nH]c2ccc(Cl)cc2c1CN1CCn2cnnc2C1. The van der Waals surface area contributed by atoms with Gasteiger partial charge in [0.25, 0.3) is 0 Å². The molecule has 0 aliphatic carbocycles. The first-order valence-corrected chi connectivity index (χ1v) is 7.44. The minimum atomic E-state index is 0.779. The van der Waals surface area contributed by atoms with Crippen molar-refractivity contribution in [3.8, 4) is 0 Å². The first-order chi connectivity index (χ1) is 10.2. The van der Waals surface area contributed by atoms with Gasteiger partial charge in [0.2, 0.25) is 0 Å². The lowest BCUT2D eigenvalue weighted by Crippen LogP contribution is -2.33. The number of hydrogen-bond donors (Lipinski definition) is 1. The van der Waals surface area contributed by atoms with Gasteiger partial charge in [-0.25, -0.2) is 0 Å². The Hall–Kier alpha value is -1.85. The number of fused-ring (bicyclic) bond motifs is 2. The third kappa shape index (κ3) is 2.22. The molecule has 0 amide bonds. The second-order valence-corrected chi connectivity index (χ2v) is 6.01. The fourth-order valence-corrected chi connectivity index (χ4v) is 3.21. The van der Waals surface area contributed by atoms with E-state index in [0.717, 1.165) is 42.5 Å². The molecule has 2 aromatic heterocycles. The minimum Gasteiger partial charge on any atom is -0.358 e. The second kappa shape index (κ2) is 4.86. The van der Waals surface area contributed by atoms with E-state index in [4.69, 9.17) is 11.6 Å². The lowest BCUT2D eigenvalue weighted by Gasteiger charge is -2.27. The van der Waals surface area contributed by atoms with Crippen molar-refractivity contribution in [2.24, 2.45) is 0 Å². The predicted octanol–water partition coefficient (Wildman–Crippen LogP) is 2.74. The van der Waals surface area contributed by atoms with Gasteiger partial charge in [-0.2, -0.15) is 0 Å². The van der Waals surface area contributed by atoms with Crippen molar-refractivity contribution in [3.05, 3.63) is 46.6 Å². The Morgan fingerprint density at radius 3 is 3.14 bits per heavy atom. The van der Waals surface area contributed by atoms with Gasteiger partial charge in [-0.05, 0) is 30.7 Å². The highest BCUT2D eigenvalue weighted by molar-refractivity contribution is 6.31. The van der Waals surface area contributed by atoms with E-state index in [9.17, 15) is 0 Å². The van der Waals surface area contributed by atoms with E-state index in [1.807, 2.05) is 24.5 Å².